The molecule has 0 aromatic rings. The minimum absolute atomic E-state index is 0.0459. The number of aliphatic hydroxyl groups excluding tert-OH is 1. The molecular formula is C25H42N4O5S. The van der Waals surface area contributed by atoms with Crippen molar-refractivity contribution >= 4 is 29.5 Å². The smallest absolute Gasteiger partial charge is 0.244 e. The number of amides is 3. The van der Waals surface area contributed by atoms with E-state index in [0.29, 0.717) is 39.3 Å². The van der Waals surface area contributed by atoms with E-state index in [4.69, 9.17) is 9.84 Å². The average molecular weight is 511 g/mol. The maximum absolute atomic E-state index is 13.9. The molecule has 3 N–H and O–H groups in total. The molecule has 0 saturated carbocycles. The Bertz CT molecular complexity index is 794. The second-order valence-corrected chi connectivity index (χ2v) is 12.5. The third-order valence-corrected chi connectivity index (χ3v) is 10.2. The van der Waals surface area contributed by atoms with Crippen molar-refractivity contribution in [2.45, 2.75) is 67.9 Å². The molecule has 1 spiro atoms. The molecule has 5 atom stereocenters. The van der Waals surface area contributed by atoms with Crippen LogP contribution in [0.3, 0.4) is 0 Å². The molecule has 2 unspecified atom stereocenters. The predicted molar refractivity (Wildman–Crippen MR) is 135 cm³/mol. The Labute approximate surface area is 213 Å². The molecule has 4 aliphatic rings. The maximum atomic E-state index is 13.9. The van der Waals surface area contributed by atoms with Gasteiger partial charge in [0.15, 0.2) is 0 Å². The number of thioether (sulfide) groups is 1. The predicted octanol–water partition coefficient (Wildman–Crippen LogP) is 0.605. The summed E-state index contributed by atoms with van der Waals surface area (Å²) in [5.41, 5.74) is 0. The average Bonchev–Trinajstić information content (AvgIpc) is 3.41. The van der Waals surface area contributed by atoms with Crippen molar-refractivity contribution in [3.05, 3.63) is 0 Å². The molecule has 4 rings (SSSR count). The number of carbonyl (C=O) groups excluding carboxylic acids is 3. The minimum atomic E-state index is -0.561. The van der Waals surface area contributed by atoms with E-state index in [2.05, 4.69) is 22.5 Å². The molecule has 3 amide bonds. The maximum Gasteiger partial charge on any atom is 0.244 e. The molecule has 0 aromatic heterocycles. The largest absolute Gasteiger partial charge is 0.396 e. The first kappa shape index (κ1) is 26.7. The standard InChI is InChI=1S/C25H42N4O5S/c1-3-9-26-21(31)18-19-23(33)29(11-5-4-6-15-30)20(25(19)8-7-24(18,2)35-25)22(32)27-10-12-28-13-16-34-17-14-28/h18-20,30H,3-17H2,1-2H3,(H,26,31)(H,27,32)/t18-,19+,20?,24+,25?/m1/s1. The van der Waals surface area contributed by atoms with Crippen molar-refractivity contribution in [2.24, 2.45) is 11.8 Å². The van der Waals surface area contributed by atoms with E-state index in [9.17, 15) is 14.4 Å². The SMILES string of the molecule is CCCNC(=O)[C@H]1[C@H]2C(=O)N(CCCCCO)C(C(=O)NCCN3CCOCC3)C23CC[C@]1(C)S3. The number of hydrogen-bond acceptors (Lipinski definition) is 7. The van der Waals surface area contributed by atoms with Gasteiger partial charge in [0, 0.05) is 50.6 Å². The second-order valence-electron chi connectivity index (χ2n) is 10.6. The number of unbranched alkanes of at least 4 members (excludes halogenated alkanes) is 2. The molecule has 4 aliphatic heterocycles. The van der Waals surface area contributed by atoms with Gasteiger partial charge in [-0.3, -0.25) is 19.3 Å². The number of aliphatic hydroxyl groups is 1. The number of ether oxygens (including phenoxy) is 1. The van der Waals surface area contributed by atoms with E-state index in [-0.39, 0.29) is 29.1 Å². The van der Waals surface area contributed by atoms with Gasteiger partial charge in [0.05, 0.1) is 29.8 Å². The molecule has 10 heteroatoms. The molecule has 4 heterocycles. The zero-order valence-electron chi connectivity index (χ0n) is 21.2. The third kappa shape index (κ3) is 5.08. The Balaban J connectivity index is 1.53. The second kappa shape index (κ2) is 11.4. The first-order valence-corrected chi connectivity index (χ1v) is 14.2. The lowest BCUT2D eigenvalue weighted by molar-refractivity contribution is -0.140. The van der Waals surface area contributed by atoms with Gasteiger partial charge in [0.2, 0.25) is 17.7 Å². The van der Waals surface area contributed by atoms with Gasteiger partial charge in [-0.1, -0.05) is 6.92 Å². The summed E-state index contributed by atoms with van der Waals surface area (Å²) in [6.45, 7) is 9.79. The summed E-state index contributed by atoms with van der Waals surface area (Å²) in [7, 11) is 0. The number of nitrogens with zero attached hydrogens (tertiary/aromatic N) is 2. The molecule has 0 radical (unpaired) electrons. The Morgan fingerprint density at radius 2 is 1.83 bits per heavy atom. The first-order valence-electron chi connectivity index (χ1n) is 13.3. The normalized spacial score (nSPS) is 34.3. The van der Waals surface area contributed by atoms with Crippen LogP contribution >= 0.6 is 11.8 Å². The summed E-state index contributed by atoms with van der Waals surface area (Å²) in [6.07, 6.45) is 4.67. The molecule has 2 bridgehead atoms. The highest BCUT2D eigenvalue weighted by molar-refractivity contribution is 8.02. The lowest BCUT2D eigenvalue weighted by atomic mass is 9.66. The van der Waals surface area contributed by atoms with Crippen molar-refractivity contribution in [3.8, 4) is 0 Å². The zero-order valence-corrected chi connectivity index (χ0v) is 22.0. The van der Waals surface area contributed by atoms with Crippen LogP contribution < -0.4 is 10.6 Å². The van der Waals surface area contributed by atoms with Gasteiger partial charge in [0.1, 0.15) is 6.04 Å². The van der Waals surface area contributed by atoms with Crippen LogP contribution in [-0.2, 0) is 19.1 Å². The minimum Gasteiger partial charge on any atom is -0.396 e. The fourth-order valence-electron chi connectivity index (χ4n) is 6.56. The van der Waals surface area contributed by atoms with Crippen LogP contribution in [0.25, 0.3) is 0 Å². The summed E-state index contributed by atoms with van der Waals surface area (Å²) in [6, 6.07) is -0.561. The van der Waals surface area contributed by atoms with E-state index in [1.165, 1.54) is 0 Å². The van der Waals surface area contributed by atoms with Crippen LogP contribution in [0.1, 0.15) is 52.4 Å². The van der Waals surface area contributed by atoms with Gasteiger partial charge in [0.25, 0.3) is 0 Å². The third-order valence-electron chi connectivity index (χ3n) is 8.24. The summed E-state index contributed by atoms with van der Waals surface area (Å²) in [5.74, 6) is -1.06. The summed E-state index contributed by atoms with van der Waals surface area (Å²) >= 11 is 1.72. The fraction of sp³-hybridized carbons (Fsp3) is 0.880. The number of carbonyl (C=O) groups is 3. The molecule has 0 aromatic carbocycles. The highest BCUT2D eigenvalue weighted by Crippen LogP contribution is 2.71. The van der Waals surface area contributed by atoms with Gasteiger partial charge < -0.3 is 25.4 Å². The molecule has 4 saturated heterocycles. The van der Waals surface area contributed by atoms with Crippen LogP contribution in [0.2, 0.25) is 0 Å². The van der Waals surface area contributed by atoms with E-state index >= 15 is 0 Å². The topological polar surface area (TPSA) is 111 Å². The van der Waals surface area contributed by atoms with Crippen LogP contribution in [0.4, 0.5) is 0 Å². The number of hydrogen-bond donors (Lipinski definition) is 3. The van der Waals surface area contributed by atoms with Gasteiger partial charge in [-0.05, 0) is 45.4 Å². The van der Waals surface area contributed by atoms with Gasteiger partial charge in [-0.2, -0.15) is 0 Å². The molecular weight excluding hydrogens is 468 g/mol. The van der Waals surface area contributed by atoms with Gasteiger partial charge >= 0.3 is 0 Å². The Hall–Kier alpha value is -1.36. The Morgan fingerprint density at radius 3 is 2.54 bits per heavy atom. The number of rotatable bonds is 12. The molecule has 0 aliphatic carbocycles. The number of likely N-dealkylation sites (tertiary alicyclic amines) is 1. The Morgan fingerprint density at radius 1 is 1.09 bits per heavy atom. The van der Waals surface area contributed by atoms with Crippen molar-refractivity contribution in [1.29, 1.82) is 0 Å². The van der Waals surface area contributed by atoms with Crippen molar-refractivity contribution in [3.63, 3.8) is 0 Å². The highest BCUT2D eigenvalue weighted by Gasteiger charge is 2.76. The van der Waals surface area contributed by atoms with E-state index in [1.807, 2.05) is 6.92 Å². The van der Waals surface area contributed by atoms with Crippen LogP contribution in [0.15, 0.2) is 0 Å². The number of nitrogens with one attached hydrogen (secondary N) is 2. The first-order chi connectivity index (χ1) is 16.9. The van der Waals surface area contributed by atoms with Crippen LogP contribution in [0, 0.1) is 11.8 Å². The monoisotopic (exact) mass is 510 g/mol. The highest BCUT2D eigenvalue weighted by atomic mass is 32.2. The number of morpholine rings is 1. The number of fused-ring (bicyclic) bond motifs is 1. The van der Waals surface area contributed by atoms with E-state index in [0.717, 1.165) is 51.7 Å². The molecule has 4 fully saturated rings. The van der Waals surface area contributed by atoms with Crippen LogP contribution in [0.5, 0.6) is 0 Å². The van der Waals surface area contributed by atoms with E-state index in [1.54, 1.807) is 16.7 Å². The summed E-state index contributed by atoms with van der Waals surface area (Å²) in [5, 5.41) is 15.3. The van der Waals surface area contributed by atoms with Gasteiger partial charge in [-0.25, -0.2) is 0 Å². The Kier molecular flexibility index (Phi) is 8.66. The quantitative estimate of drug-likeness (QED) is 0.330. The van der Waals surface area contributed by atoms with Crippen molar-refractivity contribution in [2.75, 3.05) is 59.1 Å². The van der Waals surface area contributed by atoms with E-state index < -0.39 is 22.6 Å². The fourth-order valence-corrected chi connectivity index (χ4v) is 8.91. The zero-order chi connectivity index (χ0) is 25.1. The summed E-state index contributed by atoms with van der Waals surface area (Å²) in [4.78, 5) is 44.9. The van der Waals surface area contributed by atoms with Crippen molar-refractivity contribution < 1.29 is 24.2 Å². The summed E-state index contributed by atoms with van der Waals surface area (Å²) < 4.78 is 4.53. The van der Waals surface area contributed by atoms with Gasteiger partial charge in [-0.15, -0.1) is 11.8 Å². The van der Waals surface area contributed by atoms with Crippen LogP contribution in [-0.4, -0.2) is 107 Å². The lowest BCUT2D eigenvalue weighted by Crippen LogP contribution is -2.55. The lowest BCUT2D eigenvalue weighted by Gasteiger charge is -2.35. The molecule has 198 valence electrons. The van der Waals surface area contributed by atoms with Crippen molar-refractivity contribution in [1.82, 2.24) is 20.4 Å². The molecule has 9 nitrogen and oxygen atoms in total. The molecule has 35 heavy (non-hydrogen) atoms.